The van der Waals surface area contributed by atoms with Crippen molar-refractivity contribution < 1.29 is 9.53 Å². The van der Waals surface area contributed by atoms with Crippen molar-refractivity contribution in [1.82, 2.24) is 14.9 Å². The number of carbonyl (C=O) groups excluding carboxylic acids is 1. The van der Waals surface area contributed by atoms with Gasteiger partial charge in [0, 0.05) is 28.2 Å². The van der Waals surface area contributed by atoms with E-state index in [9.17, 15) is 4.79 Å². The van der Waals surface area contributed by atoms with E-state index in [0.29, 0.717) is 15.4 Å². The van der Waals surface area contributed by atoms with Gasteiger partial charge in [-0.15, -0.1) is 11.3 Å². The maximum Gasteiger partial charge on any atom is 0.350 e. The zero-order valence-electron chi connectivity index (χ0n) is 12.6. The molecule has 0 amide bonds. The van der Waals surface area contributed by atoms with Gasteiger partial charge in [0.15, 0.2) is 0 Å². The van der Waals surface area contributed by atoms with E-state index in [-0.39, 0.29) is 0 Å². The Bertz CT molecular complexity index is 693. The fraction of sp³-hybridized carbons (Fsp3) is 0.385. The summed E-state index contributed by atoms with van der Waals surface area (Å²) in [6.07, 6.45) is 3.12. The molecule has 112 valence electrons. The van der Waals surface area contributed by atoms with Gasteiger partial charge in [0.25, 0.3) is 0 Å². The molecule has 0 N–H and O–H groups in total. The van der Waals surface area contributed by atoms with Crippen molar-refractivity contribution in [2.24, 2.45) is 4.99 Å². The van der Waals surface area contributed by atoms with Crippen molar-refractivity contribution in [3.63, 3.8) is 0 Å². The van der Waals surface area contributed by atoms with Crippen LogP contribution >= 0.6 is 11.3 Å². The topological polar surface area (TPSA) is 70.9 Å². The average molecular weight is 307 g/mol. The van der Waals surface area contributed by atoms with Gasteiger partial charge in [-0.05, 0) is 0 Å². The molecule has 2 aromatic rings. The predicted octanol–water partition coefficient (Wildman–Crippen LogP) is 1.77. The maximum atomic E-state index is 12.0. The Morgan fingerprint density at radius 1 is 1.33 bits per heavy atom. The van der Waals surface area contributed by atoms with E-state index in [1.807, 2.05) is 33.1 Å². The molecule has 2 rings (SSSR count). The Morgan fingerprint density at radius 2 is 2.05 bits per heavy atom. The van der Waals surface area contributed by atoms with Gasteiger partial charge in [-0.1, -0.05) is 0 Å². The third-order valence-electron chi connectivity index (χ3n) is 2.66. The van der Waals surface area contributed by atoms with E-state index in [1.165, 1.54) is 24.8 Å². The number of ether oxygens (including phenoxy) is 1. The van der Waals surface area contributed by atoms with E-state index < -0.39 is 5.97 Å². The molecule has 7 nitrogen and oxygen atoms in total. The largest absolute Gasteiger partial charge is 0.465 e. The summed E-state index contributed by atoms with van der Waals surface area (Å²) < 4.78 is 4.84. The Kier molecular flexibility index (Phi) is 4.37. The average Bonchev–Trinajstić information content (AvgIpc) is 2.82. The molecule has 0 saturated heterocycles. The van der Waals surface area contributed by atoms with Crippen LogP contribution in [0.5, 0.6) is 0 Å². The number of esters is 1. The fourth-order valence-electron chi connectivity index (χ4n) is 1.77. The van der Waals surface area contributed by atoms with Gasteiger partial charge in [-0.2, -0.15) is 0 Å². The van der Waals surface area contributed by atoms with Gasteiger partial charge in [-0.25, -0.2) is 19.8 Å². The number of aliphatic imine (C=N–C) groups is 1. The molecule has 0 aliphatic heterocycles. The summed E-state index contributed by atoms with van der Waals surface area (Å²) in [7, 11) is 8.84. The number of thiophene rings is 1. The van der Waals surface area contributed by atoms with Gasteiger partial charge in [0.05, 0.1) is 18.8 Å². The lowest BCUT2D eigenvalue weighted by Gasteiger charge is -2.12. The number of fused-ring (bicyclic) bond motifs is 1. The molecule has 0 saturated carbocycles. The van der Waals surface area contributed by atoms with Crippen LogP contribution in [0.25, 0.3) is 10.2 Å². The first-order valence-electron chi connectivity index (χ1n) is 6.19. The molecule has 0 spiro atoms. The zero-order chi connectivity index (χ0) is 15.6. The monoisotopic (exact) mass is 307 g/mol. The van der Waals surface area contributed by atoms with Crippen LogP contribution in [0.15, 0.2) is 11.3 Å². The minimum atomic E-state index is -0.423. The lowest BCUT2D eigenvalue weighted by molar-refractivity contribution is 0.0607. The number of carbonyl (C=O) groups is 1. The van der Waals surface area contributed by atoms with Crippen LogP contribution in [0.1, 0.15) is 9.67 Å². The Balaban J connectivity index is 2.76. The van der Waals surface area contributed by atoms with E-state index in [1.54, 1.807) is 11.2 Å². The molecule has 0 aliphatic rings. The summed E-state index contributed by atoms with van der Waals surface area (Å²) >= 11 is 1.26. The van der Waals surface area contributed by atoms with Gasteiger partial charge >= 0.3 is 5.97 Å². The molecule has 0 radical (unpaired) electrons. The first-order valence-corrected chi connectivity index (χ1v) is 7.01. The number of anilines is 1. The van der Waals surface area contributed by atoms with Crippen LogP contribution in [0.3, 0.4) is 0 Å². The number of nitrogens with zero attached hydrogens (tertiary/aromatic N) is 5. The highest BCUT2D eigenvalue weighted by atomic mass is 32.1. The Labute approximate surface area is 126 Å². The molecule has 2 heterocycles. The number of methoxy groups -OCH3 is 1. The number of hydrogen-bond acceptors (Lipinski definition) is 7. The van der Waals surface area contributed by atoms with Crippen LogP contribution < -0.4 is 4.90 Å². The smallest absolute Gasteiger partial charge is 0.350 e. The molecule has 0 atom stereocenters. The van der Waals surface area contributed by atoms with E-state index in [0.717, 1.165) is 11.2 Å². The molecule has 0 bridgehead atoms. The number of aromatic nitrogens is 2. The van der Waals surface area contributed by atoms with Crippen molar-refractivity contribution in [1.29, 1.82) is 0 Å². The highest BCUT2D eigenvalue weighted by Crippen LogP contribution is 2.41. The van der Waals surface area contributed by atoms with Crippen molar-refractivity contribution in [3.05, 3.63) is 11.2 Å². The standard InChI is InChI=1S/C13H17N5O2S/c1-17(2)7-16-9-8-11(18(3)4)14-6-15-12(8)21-10(9)13(19)20-5/h6-7H,1-5H3. The second-order valence-electron chi connectivity index (χ2n) is 4.75. The summed E-state index contributed by atoms with van der Waals surface area (Å²) in [6, 6.07) is 0. The van der Waals surface area contributed by atoms with Gasteiger partial charge in [0.2, 0.25) is 0 Å². The SMILES string of the molecule is COC(=O)c1sc2ncnc(N(C)C)c2c1N=CN(C)C. The summed E-state index contributed by atoms with van der Waals surface area (Å²) in [5.41, 5.74) is 0.542. The lowest BCUT2D eigenvalue weighted by atomic mass is 10.2. The third kappa shape index (κ3) is 2.94. The number of hydrogen-bond donors (Lipinski definition) is 0. The van der Waals surface area contributed by atoms with Crippen molar-refractivity contribution in [2.75, 3.05) is 40.2 Å². The molecule has 0 aliphatic carbocycles. The van der Waals surface area contributed by atoms with E-state index in [4.69, 9.17) is 4.74 Å². The predicted molar refractivity (Wildman–Crippen MR) is 84.9 cm³/mol. The zero-order valence-corrected chi connectivity index (χ0v) is 13.4. The van der Waals surface area contributed by atoms with Crippen molar-refractivity contribution in [3.8, 4) is 0 Å². The second-order valence-corrected chi connectivity index (χ2v) is 5.75. The van der Waals surface area contributed by atoms with Crippen LogP contribution in [-0.4, -0.2) is 62.5 Å². The maximum absolute atomic E-state index is 12.0. The van der Waals surface area contributed by atoms with Crippen molar-refractivity contribution in [2.45, 2.75) is 0 Å². The van der Waals surface area contributed by atoms with Crippen LogP contribution in [0.2, 0.25) is 0 Å². The molecule has 21 heavy (non-hydrogen) atoms. The third-order valence-corrected chi connectivity index (χ3v) is 3.72. The molecular weight excluding hydrogens is 290 g/mol. The fourth-order valence-corrected chi connectivity index (χ4v) is 2.77. The quantitative estimate of drug-likeness (QED) is 0.487. The van der Waals surface area contributed by atoms with Crippen molar-refractivity contribution >= 4 is 45.4 Å². The summed E-state index contributed by atoms with van der Waals surface area (Å²) in [4.78, 5) is 29.7. The Morgan fingerprint density at radius 3 is 2.62 bits per heavy atom. The summed E-state index contributed by atoms with van der Waals surface area (Å²) in [6.45, 7) is 0. The molecule has 0 aromatic carbocycles. The van der Waals surface area contributed by atoms with Gasteiger partial charge < -0.3 is 14.5 Å². The molecular formula is C13H17N5O2S. The van der Waals surface area contributed by atoms with Gasteiger partial charge in [-0.3, -0.25) is 0 Å². The summed E-state index contributed by atoms with van der Waals surface area (Å²) in [5.74, 6) is 0.297. The highest BCUT2D eigenvalue weighted by molar-refractivity contribution is 7.21. The Hall–Kier alpha value is -2.22. The van der Waals surface area contributed by atoms with Crippen LogP contribution in [0.4, 0.5) is 11.5 Å². The molecule has 8 heteroatoms. The molecule has 2 aromatic heterocycles. The number of rotatable bonds is 4. The first-order chi connectivity index (χ1) is 9.95. The van der Waals surface area contributed by atoms with E-state index >= 15 is 0 Å². The van der Waals surface area contributed by atoms with Crippen LogP contribution in [0, 0.1) is 0 Å². The normalized spacial score (nSPS) is 11.1. The molecule has 0 unspecified atom stereocenters. The first kappa shape index (κ1) is 15.2. The van der Waals surface area contributed by atoms with E-state index in [2.05, 4.69) is 15.0 Å². The highest BCUT2D eigenvalue weighted by Gasteiger charge is 2.23. The minimum Gasteiger partial charge on any atom is -0.465 e. The second kappa shape index (κ2) is 6.04. The van der Waals surface area contributed by atoms with Crippen LogP contribution in [-0.2, 0) is 4.74 Å². The lowest BCUT2D eigenvalue weighted by Crippen LogP contribution is -2.11. The van der Waals surface area contributed by atoms with Gasteiger partial charge in [0.1, 0.15) is 27.5 Å². The minimum absolute atomic E-state index is 0.423. The summed E-state index contributed by atoms with van der Waals surface area (Å²) in [5, 5.41) is 0.756. The molecule has 0 fully saturated rings.